The average molecular weight is 1650 g/mol. The lowest BCUT2D eigenvalue weighted by Gasteiger charge is -2.54. The van der Waals surface area contributed by atoms with E-state index in [0.29, 0.717) is 57.0 Å². The number of hydrogen-bond donors (Lipinski definition) is 11. The smallest absolute Gasteiger partial charge is 0.330 e. The number of carboxylic acids is 2. The number of nitrogens with zero attached hydrogens (tertiary/aromatic N) is 1. The summed E-state index contributed by atoms with van der Waals surface area (Å²) in [5, 5.41) is 44.5. The number of nitrogens with one attached hydrogen (secondary N) is 7. The SMILES string of the molecule is CC(C)(C)OC(=O)CC[C@H](NC(=O)N[C@@H](CCCCNC(=O)[C@H](Cc1ccc2ccccc2c1)NC(=O)C1CCC(CN)CC1)C(=O)OC(C)(C)C)C(=O)OC(C)(C)C.CC(C)(C)OC(=O)[C@H](CCCCNC(=O)[C@H](Cc1ccc2ccccc2c1)NC(=O)C1CCC(CN)CC1)NC(=O)N(C(C)(C)C)[C@@](CCC(=O)O)(C(=O)O)C(C)(C)C. The maximum Gasteiger partial charge on any atom is 0.330 e. The second kappa shape index (κ2) is 44.6. The highest BCUT2D eigenvalue weighted by Crippen LogP contribution is 2.44. The summed E-state index contributed by atoms with van der Waals surface area (Å²) in [6.07, 6.45) is 7.76. The van der Waals surface area contributed by atoms with Crippen molar-refractivity contribution in [2.24, 2.45) is 40.6 Å². The standard InChI is InChI=1S/2C45H69N5O9/c1-42(2,3)45(40(56)57,24-23-36(51)52)50(43(4,5)6)41(58)49-34(39(55)59-44(7,8)9)16-12-13-25-47-38(54)35(48-37(53)32-21-17-29(28-46)18-22-32)27-30-19-20-31-14-10-11-15-33(31)26-30;1-43(2,3)57-37(51)24-23-35(41(55)59-45(7,8)9)50-42(56)49-34(40(54)58-44(4,5)6)16-12-13-25-47-39(53)36(48-38(52)32-21-17-29(28-46)18-22-32)27-30-19-20-31-14-10-11-15-33(31)26-30/h10-11,14-15,19-20,26,29,32,34-35H,12-13,16-18,21-25,27-28,46H2,1-9H3,(H,47,54)(H,48,53)(H,49,58)(H,51,52)(H,56,57);10-11,14-15,19-20,26,29,32,34-36H,12-13,16-18,21-25,27-28,46H2,1-9H3,(H,47,53)(H,48,52)(H2,49,50,56)/t29?,32?,34-,35-,45-;29?,32?,34-,35-,36-/m00/s1. The van der Waals surface area contributed by atoms with Crippen molar-refractivity contribution in [1.82, 2.24) is 42.1 Å². The van der Waals surface area contributed by atoms with Gasteiger partial charge in [0.25, 0.3) is 0 Å². The van der Waals surface area contributed by atoms with Gasteiger partial charge in [-0.3, -0.25) is 28.8 Å². The molecule has 656 valence electrons. The number of amides is 8. The van der Waals surface area contributed by atoms with E-state index in [-0.39, 0.29) is 87.1 Å². The number of rotatable bonds is 36. The highest BCUT2D eigenvalue weighted by molar-refractivity contribution is 5.93. The summed E-state index contributed by atoms with van der Waals surface area (Å²) in [6.45, 7) is 32.0. The molecule has 4 aromatic carbocycles. The van der Waals surface area contributed by atoms with Gasteiger partial charge in [0.2, 0.25) is 23.6 Å². The second-order valence-electron chi connectivity index (χ2n) is 37.6. The molecule has 28 heteroatoms. The summed E-state index contributed by atoms with van der Waals surface area (Å²) >= 11 is 0. The Kier molecular flexibility index (Phi) is 37.4. The molecule has 0 saturated heterocycles. The first kappa shape index (κ1) is 99.1. The normalized spacial score (nSPS) is 17.8. The molecule has 0 radical (unpaired) electrons. The first-order valence-corrected chi connectivity index (χ1v) is 42.0. The van der Waals surface area contributed by atoms with Crippen molar-refractivity contribution in [1.29, 1.82) is 0 Å². The zero-order valence-corrected chi connectivity index (χ0v) is 73.3. The van der Waals surface area contributed by atoms with Gasteiger partial charge in [0, 0.05) is 56.1 Å². The molecule has 2 aliphatic carbocycles. The van der Waals surface area contributed by atoms with E-state index in [1.165, 1.54) is 0 Å². The van der Waals surface area contributed by atoms with Crippen molar-refractivity contribution in [3.05, 3.63) is 96.1 Å². The van der Waals surface area contributed by atoms with E-state index in [1.807, 2.05) is 84.9 Å². The average Bonchev–Trinajstić information content (AvgIpc) is 0.735. The Morgan fingerprint density at radius 3 is 1.14 bits per heavy atom. The van der Waals surface area contributed by atoms with Crippen LogP contribution in [0.1, 0.15) is 251 Å². The van der Waals surface area contributed by atoms with Crippen molar-refractivity contribution in [3.8, 4) is 0 Å². The molecule has 0 aliphatic heterocycles. The molecule has 6 rings (SSSR count). The van der Waals surface area contributed by atoms with E-state index < -0.39 is 123 Å². The lowest BCUT2D eigenvalue weighted by Crippen LogP contribution is -2.71. The number of ether oxygens (including phenoxy) is 4. The van der Waals surface area contributed by atoms with Crippen LogP contribution in [0.25, 0.3) is 21.5 Å². The van der Waals surface area contributed by atoms with Crippen molar-refractivity contribution in [3.63, 3.8) is 0 Å². The van der Waals surface area contributed by atoms with Crippen LogP contribution in [0.2, 0.25) is 0 Å². The Hall–Kier alpha value is -9.44. The van der Waals surface area contributed by atoms with Crippen LogP contribution in [0, 0.1) is 29.1 Å². The van der Waals surface area contributed by atoms with Gasteiger partial charge >= 0.3 is 47.9 Å². The molecule has 28 nitrogen and oxygen atoms in total. The van der Waals surface area contributed by atoms with Crippen LogP contribution in [-0.2, 0) is 79.7 Å². The summed E-state index contributed by atoms with van der Waals surface area (Å²) in [4.78, 5) is 161. The molecule has 0 heterocycles. The summed E-state index contributed by atoms with van der Waals surface area (Å²) < 4.78 is 22.1. The van der Waals surface area contributed by atoms with Crippen LogP contribution in [-0.4, -0.2) is 176 Å². The van der Waals surface area contributed by atoms with Gasteiger partial charge in [-0.1, -0.05) is 106 Å². The molecule has 8 amide bonds. The van der Waals surface area contributed by atoms with E-state index in [0.717, 1.165) is 88.9 Å². The Labute approximate surface area is 698 Å². The number of nitrogens with two attached hydrogens (primary N) is 2. The fourth-order valence-electron chi connectivity index (χ4n) is 14.9. The van der Waals surface area contributed by atoms with Gasteiger partial charge in [-0.05, 0) is 270 Å². The van der Waals surface area contributed by atoms with E-state index >= 15 is 0 Å². The minimum Gasteiger partial charge on any atom is -0.481 e. The van der Waals surface area contributed by atoms with Crippen molar-refractivity contribution < 1.29 is 86.7 Å². The molecule has 2 fully saturated rings. The molecular weight excluding hydrogens is 1510 g/mol. The highest BCUT2D eigenvalue weighted by Gasteiger charge is 2.58. The molecule has 2 saturated carbocycles. The van der Waals surface area contributed by atoms with Gasteiger partial charge in [0.1, 0.15) is 58.2 Å². The fraction of sp³-hybridized carbons (Fsp3) is 0.644. The molecule has 6 atom stereocenters. The first-order chi connectivity index (χ1) is 54.9. The molecule has 0 spiro atoms. The number of urea groups is 2. The zero-order valence-electron chi connectivity index (χ0n) is 73.3. The number of hydrogen-bond acceptors (Lipinski definition) is 18. The maximum absolute atomic E-state index is 14.3. The van der Waals surface area contributed by atoms with E-state index in [4.69, 9.17) is 30.4 Å². The predicted molar refractivity (Wildman–Crippen MR) is 454 cm³/mol. The first-order valence-electron chi connectivity index (χ1n) is 42.0. The zero-order chi connectivity index (χ0) is 88.3. The Bertz CT molecular complexity index is 4030. The molecular formula is C90H138N10O18. The Morgan fingerprint density at radius 2 is 0.797 bits per heavy atom. The lowest BCUT2D eigenvalue weighted by molar-refractivity contribution is -0.165. The van der Waals surface area contributed by atoms with Crippen LogP contribution in [0.15, 0.2) is 84.9 Å². The van der Waals surface area contributed by atoms with Gasteiger partial charge in [-0.2, -0.15) is 0 Å². The van der Waals surface area contributed by atoms with Crippen LogP contribution < -0.4 is 48.7 Å². The predicted octanol–water partition coefficient (Wildman–Crippen LogP) is 11.9. The quantitative estimate of drug-likeness (QED) is 0.0114. The van der Waals surface area contributed by atoms with Gasteiger partial charge in [0.05, 0.1) is 0 Å². The number of carbonyl (C=O) groups excluding carboxylic acids is 10. The van der Waals surface area contributed by atoms with E-state index in [1.54, 1.807) is 125 Å². The van der Waals surface area contributed by atoms with Gasteiger partial charge < -0.3 is 82.7 Å². The number of aliphatic carboxylic acids is 2. The Morgan fingerprint density at radius 1 is 0.432 bits per heavy atom. The molecule has 0 bridgehead atoms. The minimum atomic E-state index is -1.97. The number of carbonyl (C=O) groups is 12. The molecule has 0 unspecified atom stereocenters. The maximum atomic E-state index is 14.3. The number of carboxylic acid groups (broad SMARTS) is 2. The highest BCUT2D eigenvalue weighted by atomic mass is 16.6. The van der Waals surface area contributed by atoms with Gasteiger partial charge in [-0.25, -0.2) is 28.8 Å². The van der Waals surface area contributed by atoms with E-state index in [2.05, 4.69) is 37.2 Å². The van der Waals surface area contributed by atoms with Crippen molar-refractivity contribution in [2.75, 3.05) is 26.2 Å². The third-order valence-electron chi connectivity index (χ3n) is 20.9. The van der Waals surface area contributed by atoms with Crippen LogP contribution >= 0.6 is 0 Å². The summed E-state index contributed by atoms with van der Waals surface area (Å²) in [5.41, 5.74) is 5.99. The van der Waals surface area contributed by atoms with Gasteiger partial charge in [0.15, 0.2) is 0 Å². The number of esters is 4. The second-order valence-corrected chi connectivity index (χ2v) is 37.6. The Balaban J connectivity index is 0.000000420. The third-order valence-corrected chi connectivity index (χ3v) is 20.9. The minimum absolute atomic E-state index is 0.0915. The summed E-state index contributed by atoms with van der Waals surface area (Å²) in [6, 6.07) is 21.1. The largest absolute Gasteiger partial charge is 0.481 e. The van der Waals surface area contributed by atoms with Crippen molar-refractivity contribution >= 4 is 93.1 Å². The lowest BCUT2D eigenvalue weighted by atomic mass is 9.68. The summed E-state index contributed by atoms with van der Waals surface area (Å²) in [5.74, 6) is -5.73. The van der Waals surface area contributed by atoms with Crippen molar-refractivity contribution in [2.45, 2.75) is 317 Å². The monoisotopic (exact) mass is 1650 g/mol. The van der Waals surface area contributed by atoms with Gasteiger partial charge in [-0.15, -0.1) is 0 Å². The summed E-state index contributed by atoms with van der Waals surface area (Å²) in [7, 11) is 0. The third kappa shape index (κ3) is 33.4. The molecule has 0 aromatic heterocycles. The topological polar surface area (TPSA) is 422 Å². The molecule has 13 N–H and O–H groups in total. The fourth-order valence-corrected chi connectivity index (χ4v) is 14.9. The number of unbranched alkanes of at least 4 members (excludes halogenated alkanes) is 2. The number of fused-ring (bicyclic) bond motifs is 2. The molecule has 2 aliphatic rings. The van der Waals surface area contributed by atoms with Crippen LogP contribution in [0.4, 0.5) is 9.59 Å². The van der Waals surface area contributed by atoms with E-state index in [9.17, 15) is 67.7 Å². The van der Waals surface area contributed by atoms with Crippen LogP contribution in [0.3, 0.4) is 0 Å². The van der Waals surface area contributed by atoms with Crippen LogP contribution in [0.5, 0.6) is 0 Å². The molecule has 118 heavy (non-hydrogen) atoms. The molecule has 4 aromatic rings. The number of benzene rings is 4.